The van der Waals surface area contributed by atoms with Crippen LogP contribution in [0.3, 0.4) is 0 Å². The van der Waals surface area contributed by atoms with Gasteiger partial charge in [0.15, 0.2) is 5.69 Å². The molecule has 1 N–H and O–H groups in total. The van der Waals surface area contributed by atoms with E-state index in [1.54, 1.807) is 4.68 Å². The van der Waals surface area contributed by atoms with E-state index >= 15 is 0 Å². The molecule has 0 saturated heterocycles. The van der Waals surface area contributed by atoms with Gasteiger partial charge in [0, 0.05) is 6.42 Å². The Morgan fingerprint density at radius 1 is 1.14 bits per heavy atom. The van der Waals surface area contributed by atoms with Crippen molar-refractivity contribution in [1.82, 2.24) is 15.0 Å². The van der Waals surface area contributed by atoms with Crippen molar-refractivity contribution in [3.63, 3.8) is 0 Å². The van der Waals surface area contributed by atoms with E-state index in [9.17, 15) is 9.90 Å². The molecule has 3 rings (SSSR count). The quantitative estimate of drug-likeness (QED) is 0.803. The van der Waals surface area contributed by atoms with Crippen LogP contribution in [0.25, 0.3) is 5.69 Å². The highest BCUT2D eigenvalue weighted by atomic mass is 16.4. The van der Waals surface area contributed by atoms with Gasteiger partial charge in [-0.2, -0.15) is 0 Å². The molecular weight excluding hydrogens is 278 g/mol. The Labute approximate surface area is 127 Å². The number of carboxylic acids is 1. The van der Waals surface area contributed by atoms with E-state index in [4.69, 9.17) is 0 Å². The highest BCUT2D eigenvalue weighted by molar-refractivity contribution is 5.86. The number of carboxylic acid groups (broad SMARTS) is 1. The van der Waals surface area contributed by atoms with E-state index in [1.807, 2.05) is 61.5 Å². The zero-order valence-electron chi connectivity index (χ0n) is 12.1. The molecular formula is C17H15N3O2. The number of aromatic nitrogens is 3. The molecule has 1 aromatic heterocycles. The largest absolute Gasteiger partial charge is 0.476 e. The SMILES string of the molecule is Cc1cccc(-n2nnc(C(=O)O)c2Cc2ccccc2)c1. The molecule has 0 amide bonds. The molecule has 2 aromatic carbocycles. The lowest BCUT2D eigenvalue weighted by Gasteiger charge is -2.08. The van der Waals surface area contributed by atoms with Gasteiger partial charge in [-0.05, 0) is 30.2 Å². The van der Waals surface area contributed by atoms with Gasteiger partial charge in [-0.15, -0.1) is 5.10 Å². The molecule has 5 heteroatoms. The second kappa shape index (κ2) is 5.81. The van der Waals surface area contributed by atoms with E-state index < -0.39 is 5.97 Å². The Balaban J connectivity index is 2.09. The summed E-state index contributed by atoms with van der Waals surface area (Å²) in [7, 11) is 0. The number of benzene rings is 2. The summed E-state index contributed by atoms with van der Waals surface area (Å²) in [5.74, 6) is -1.06. The van der Waals surface area contributed by atoms with E-state index in [2.05, 4.69) is 10.3 Å². The first-order valence-electron chi connectivity index (χ1n) is 6.94. The molecule has 3 aromatic rings. The summed E-state index contributed by atoms with van der Waals surface area (Å²) >= 11 is 0. The van der Waals surface area contributed by atoms with Gasteiger partial charge >= 0.3 is 5.97 Å². The number of nitrogens with zero attached hydrogens (tertiary/aromatic N) is 3. The van der Waals surface area contributed by atoms with Crippen LogP contribution in [0.15, 0.2) is 54.6 Å². The van der Waals surface area contributed by atoms with Gasteiger partial charge in [-0.3, -0.25) is 0 Å². The van der Waals surface area contributed by atoms with E-state index in [0.717, 1.165) is 16.8 Å². The van der Waals surface area contributed by atoms with Crippen molar-refractivity contribution in [2.45, 2.75) is 13.3 Å². The molecule has 0 saturated carbocycles. The van der Waals surface area contributed by atoms with Crippen LogP contribution in [-0.2, 0) is 6.42 Å². The first-order valence-corrected chi connectivity index (χ1v) is 6.94. The smallest absolute Gasteiger partial charge is 0.358 e. The van der Waals surface area contributed by atoms with Gasteiger partial charge in [-0.25, -0.2) is 9.48 Å². The summed E-state index contributed by atoms with van der Waals surface area (Å²) in [5.41, 5.74) is 3.47. The van der Waals surface area contributed by atoms with Crippen LogP contribution >= 0.6 is 0 Å². The average Bonchev–Trinajstić information content (AvgIpc) is 2.92. The molecule has 0 aliphatic heterocycles. The number of carbonyl (C=O) groups is 1. The third kappa shape index (κ3) is 2.74. The van der Waals surface area contributed by atoms with Gasteiger partial charge in [0.2, 0.25) is 0 Å². The Morgan fingerprint density at radius 3 is 2.59 bits per heavy atom. The molecule has 0 aliphatic rings. The predicted octanol–water partition coefficient (Wildman–Crippen LogP) is 2.86. The van der Waals surface area contributed by atoms with Crippen LogP contribution in [0.1, 0.15) is 27.3 Å². The first-order chi connectivity index (χ1) is 10.6. The van der Waals surface area contributed by atoms with Crippen LogP contribution in [0.4, 0.5) is 0 Å². The van der Waals surface area contributed by atoms with Crippen molar-refractivity contribution >= 4 is 5.97 Å². The first kappa shape index (κ1) is 14.0. The third-order valence-electron chi connectivity index (χ3n) is 3.43. The van der Waals surface area contributed by atoms with E-state index in [0.29, 0.717) is 12.1 Å². The number of aromatic carboxylic acids is 1. The summed E-state index contributed by atoms with van der Waals surface area (Å²) in [6.07, 6.45) is 0.462. The molecule has 0 bridgehead atoms. The van der Waals surface area contributed by atoms with Crippen molar-refractivity contribution in [3.05, 3.63) is 77.1 Å². The summed E-state index contributed by atoms with van der Waals surface area (Å²) in [4.78, 5) is 11.4. The highest BCUT2D eigenvalue weighted by Gasteiger charge is 2.20. The predicted molar refractivity (Wildman–Crippen MR) is 82.3 cm³/mol. The Hall–Kier alpha value is -2.95. The minimum absolute atomic E-state index is 0.00893. The molecule has 5 nitrogen and oxygen atoms in total. The third-order valence-corrected chi connectivity index (χ3v) is 3.43. The zero-order chi connectivity index (χ0) is 15.5. The lowest BCUT2D eigenvalue weighted by molar-refractivity contribution is 0.0689. The van der Waals surface area contributed by atoms with Crippen molar-refractivity contribution in [3.8, 4) is 5.69 Å². The summed E-state index contributed by atoms with van der Waals surface area (Å²) in [5, 5.41) is 17.2. The minimum atomic E-state index is -1.06. The molecule has 110 valence electrons. The normalized spacial score (nSPS) is 10.6. The molecule has 0 fully saturated rings. The van der Waals surface area contributed by atoms with Crippen LogP contribution in [0.2, 0.25) is 0 Å². The van der Waals surface area contributed by atoms with Gasteiger partial charge in [0.1, 0.15) is 0 Å². The fourth-order valence-corrected chi connectivity index (χ4v) is 2.38. The number of rotatable bonds is 4. The van der Waals surface area contributed by atoms with Crippen molar-refractivity contribution in [2.24, 2.45) is 0 Å². The molecule has 22 heavy (non-hydrogen) atoms. The lowest BCUT2D eigenvalue weighted by Crippen LogP contribution is -2.07. The van der Waals surface area contributed by atoms with Crippen LogP contribution in [-0.4, -0.2) is 26.1 Å². The molecule has 0 spiro atoms. The summed E-state index contributed by atoms with van der Waals surface area (Å²) < 4.78 is 1.60. The maximum absolute atomic E-state index is 11.4. The molecule has 0 aliphatic carbocycles. The maximum Gasteiger partial charge on any atom is 0.358 e. The number of aryl methyl sites for hydroxylation is 1. The summed E-state index contributed by atoms with van der Waals surface area (Å²) in [6, 6.07) is 17.4. The summed E-state index contributed by atoms with van der Waals surface area (Å²) in [6.45, 7) is 1.98. The van der Waals surface area contributed by atoms with Gasteiger partial charge in [-0.1, -0.05) is 47.7 Å². The standard InChI is InChI=1S/C17H15N3O2/c1-12-6-5-9-14(10-12)20-15(16(17(21)22)18-19-20)11-13-7-3-2-4-8-13/h2-10H,11H2,1H3,(H,21,22). The number of hydrogen-bond donors (Lipinski definition) is 1. The second-order valence-electron chi connectivity index (χ2n) is 5.10. The van der Waals surface area contributed by atoms with E-state index in [1.165, 1.54) is 0 Å². The van der Waals surface area contributed by atoms with Crippen LogP contribution in [0.5, 0.6) is 0 Å². The Bertz CT molecular complexity index is 810. The second-order valence-corrected chi connectivity index (χ2v) is 5.10. The Kier molecular flexibility index (Phi) is 3.70. The molecule has 0 radical (unpaired) electrons. The molecule has 0 atom stereocenters. The number of hydrogen-bond acceptors (Lipinski definition) is 3. The fourth-order valence-electron chi connectivity index (χ4n) is 2.38. The Morgan fingerprint density at radius 2 is 1.91 bits per heavy atom. The highest BCUT2D eigenvalue weighted by Crippen LogP contribution is 2.18. The van der Waals surface area contributed by atoms with Crippen molar-refractivity contribution in [1.29, 1.82) is 0 Å². The minimum Gasteiger partial charge on any atom is -0.476 e. The maximum atomic E-state index is 11.4. The van der Waals surface area contributed by atoms with Gasteiger partial charge in [0.25, 0.3) is 0 Å². The van der Waals surface area contributed by atoms with Crippen molar-refractivity contribution < 1.29 is 9.90 Å². The monoisotopic (exact) mass is 293 g/mol. The topological polar surface area (TPSA) is 68.0 Å². The molecule has 0 unspecified atom stereocenters. The zero-order valence-corrected chi connectivity index (χ0v) is 12.1. The van der Waals surface area contributed by atoms with Crippen molar-refractivity contribution in [2.75, 3.05) is 0 Å². The van der Waals surface area contributed by atoms with E-state index in [-0.39, 0.29) is 5.69 Å². The van der Waals surface area contributed by atoms with Crippen LogP contribution in [0, 0.1) is 6.92 Å². The van der Waals surface area contributed by atoms with Crippen LogP contribution < -0.4 is 0 Å². The average molecular weight is 293 g/mol. The lowest BCUT2D eigenvalue weighted by atomic mass is 10.1. The molecule has 1 heterocycles. The van der Waals surface area contributed by atoms with Gasteiger partial charge in [0.05, 0.1) is 11.4 Å². The van der Waals surface area contributed by atoms with Gasteiger partial charge < -0.3 is 5.11 Å². The fraction of sp³-hybridized carbons (Fsp3) is 0.118.